The molecule has 1 aromatic heterocycles. The number of aromatic nitrogens is 2. The molecule has 25 heavy (non-hydrogen) atoms. The molecule has 0 atom stereocenters. The molecule has 3 rings (SSSR count). The Balaban J connectivity index is 1.70. The highest BCUT2D eigenvalue weighted by molar-refractivity contribution is 6.30. The van der Waals surface area contributed by atoms with E-state index in [4.69, 9.17) is 16.1 Å². The number of hydrogen-bond acceptors (Lipinski definition) is 4. The molecule has 0 amide bonds. The number of rotatable bonds is 4. The molecule has 2 aromatic rings. The number of aliphatic imine (C=N–C) groups is 1. The van der Waals surface area contributed by atoms with Gasteiger partial charge in [-0.25, -0.2) is 4.99 Å². The lowest BCUT2D eigenvalue weighted by Gasteiger charge is -2.23. The first-order chi connectivity index (χ1) is 12.0. The minimum Gasteiger partial charge on any atom is -0.357 e. The van der Waals surface area contributed by atoms with Crippen LogP contribution in [-0.4, -0.2) is 40.6 Å². The van der Waals surface area contributed by atoms with Crippen molar-refractivity contribution in [2.45, 2.75) is 33.7 Å². The van der Waals surface area contributed by atoms with Crippen LogP contribution in [0.1, 0.15) is 33.1 Å². The maximum Gasteiger partial charge on any atom is 0.248 e. The van der Waals surface area contributed by atoms with Gasteiger partial charge >= 0.3 is 0 Å². The monoisotopic (exact) mass is 361 g/mol. The molecule has 1 saturated heterocycles. The van der Waals surface area contributed by atoms with E-state index < -0.39 is 0 Å². The molecule has 0 radical (unpaired) electrons. The summed E-state index contributed by atoms with van der Waals surface area (Å²) < 4.78 is 5.33. The summed E-state index contributed by atoms with van der Waals surface area (Å²) in [6.45, 7) is 9.84. The Hall–Kier alpha value is -2.08. The van der Waals surface area contributed by atoms with Crippen LogP contribution in [0.25, 0.3) is 11.4 Å². The molecule has 6 nitrogen and oxygen atoms in total. The Morgan fingerprint density at radius 3 is 2.76 bits per heavy atom. The first kappa shape index (κ1) is 17.7. The van der Waals surface area contributed by atoms with Crippen LogP contribution < -0.4 is 5.32 Å². The van der Waals surface area contributed by atoms with E-state index in [1.54, 1.807) is 0 Å². The van der Waals surface area contributed by atoms with Crippen LogP contribution in [0.15, 0.2) is 33.8 Å². The fraction of sp³-hybridized carbons (Fsp3) is 0.500. The first-order valence-electron chi connectivity index (χ1n) is 8.59. The molecule has 0 unspecified atom stereocenters. The van der Waals surface area contributed by atoms with Crippen molar-refractivity contribution in [2.75, 3.05) is 19.6 Å². The minimum atomic E-state index is 0.322. The van der Waals surface area contributed by atoms with Gasteiger partial charge in [0.25, 0.3) is 0 Å². The maximum atomic E-state index is 5.91. The zero-order chi connectivity index (χ0) is 17.9. The van der Waals surface area contributed by atoms with Crippen molar-refractivity contribution in [3.63, 3.8) is 0 Å². The average Bonchev–Trinajstić information content (AvgIpc) is 3.18. The molecule has 1 N–H and O–H groups in total. The van der Waals surface area contributed by atoms with E-state index in [0.717, 1.165) is 31.2 Å². The lowest BCUT2D eigenvalue weighted by molar-refractivity contribution is 0.366. The fourth-order valence-corrected chi connectivity index (χ4v) is 3.02. The number of hydrogen-bond donors (Lipinski definition) is 1. The summed E-state index contributed by atoms with van der Waals surface area (Å²) in [6, 6.07) is 7.36. The molecule has 1 aliphatic rings. The van der Waals surface area contributed by atoms with Crippen molar-refractivity contribution in [3.05, 3.63) is 35.2 Å². The summed E-state index contributed by atoms with van der Waals surface area (Å²) in [4.78, 5) is 11.4. The zero-order valence-corrected chi connectivity index (χ0v) is 15.7. The van der Waals surface area contributed by atoms with E-state index in [9.17, 15) is 0 Å². The molecule has 0 aliphatic carbocycles. The van der Waals surface area contributed by atoms with Crippen LogP contribution >= 0.6 is 11.6 Å². The quantitative estimate of drug-likeness (QED) is 0.665. The number of benzene rings is 1. The van der Waals surface area contributed by atoms with Crippen molar-refractivity contribution < 1.29 is 4.52 Å². The second-order valence-electron chi connectivity index (χ2n) is 7.02. The van der Waals surface area contributed by atoms with Crippen LogP contribution in [0.3, 0.4) is 0 Å². The van der Waals surface area contributed by atoms with E-state index in [1.165, 1.54) is 6.42 Å². The lowest BCUT2D eigenvalue weighted by atomic mass is 9.93. The van der Waals surface area contributed by atoms with Gasteiger partial charge in [-0.1, -0.05) is 30.6 Å². The Morgan fingerprint density at radius 1 is 1.36 bits per heavy atom. The molecule has 1 aromatic carbocycles. The highest BCUT2D eigenvalue weighted by atomic mass is 35.5. The topological polar surface area (TPSA) is 66.5 Å². The predicted octanol–water partition coefficient (Wildman–Crippen LogP) is 3.59. The van der Waals surface area contributed by atoms with Crippen molar-refractivity contribution in [3.8, 4) is 11.4 Å². The van der Waals surface area contributed by atoms with E-state index in [2.05, 4.69) is 46.1 Å². The average molecular weight is 362 g/mol. The largest absolute Gasteiger partial charge is 0.357 e. The Morgan fingerprint density at radius 2 is 2.12 bits per heavy atom. The summed E-state index contributed by atoms with van der Waals surface area (Å²) in [5, 5.41) is 8.06. The van der Waals surface area contributed by atoms with Crippen LogP contribution in [0, 0.1) is 5.41 Å². The van der Waals surface area contributed by atoms with Gasteiger partial charge in [-0.15, -0.1) is 0 Å². The molecular weight excluding hydrogens is 338 g/mol. The van der Waals surface area contributed by atoms with Crippen LogP contribution in [0.4, 0.5) is 0 Å². The number of nitrogens with one attached hydrogen (secondary N) is 1. The summed E-state index contributed by atoms with van der Waals surface area (Å²) in [7, 11) is 0. The normalized spacial score (nSPS) is 17.1. The van der Waals surface area contributed by atoms with Crippen LogP contribution in [-0.2, 0) is 6.54 Å². The SMILES string of the molecule is CCNC(=NCc1nc(-c2ccc(Cl)cc2)no1)N1CCC(C)(C)C1. The van der Waals surface area contributed by atoms with Gasteiger partial charge in [0.1, 0.15) is 6.54 Å². The molecule has 0 bridgehead atoms. The third-order valence-electron chi connectivity index (χ3n) is 4.25. The van der Waals surface area contributed by atoms with Crippen molar-refractivity contribution in [2.24, 2.45) is 10.4 Å². The molecule has 1 fully saturated rings. The standard InChI is InChI=1S/C18H24ClN5O/c1-4-20-17(24-10-9-18(2,3)12-24)21-11-15-22-16(23-25-15)13-5-7-14(19)8-6-13/h5-8H,4,9-12H2,1-3H3,(H,20,21). The number of guanidine groups is 1. The van der Waals surface area contributed by atoms with Gasteiger partial charge in [-0.05, 0) is 43.0 Å². The van der Waals surface area contributed by atoms with Gasteiger partial charge in [0.05, 0.1) is 0 Å². The Kier molecular flexibility index (Phi) is 5.27. The van der Waals surface area contributed by atoms with Gasteiger partial charge in [0.2, 0.25) is 11.7 Å². The molecule has 1 aliphatic heterocycles. The molecule has 7 heteroatoms. The van der Waals surface area contributed by atoms with Gasteiger partial charge in [-0.3, -0.25) is 0 Å². The third kappa shape index (κ3) is 4.51. The molecule has 134 valence electrons. The molecule has 0 saturated carbocycles. The first-order valence-corrected chi connectivity index (χ1v) is 8.96. The third-order valence-corrected chi connectivity index (χ3v) is 4.50. The van der Waals surface area contributed by atoms with Crippen molar-refractivity contribution in [1.82, 2.24) is 20.4 Å². The van der Waals surface area contributed by atoms with Crippen LogP contribution in [0.5, 0.6) is 0 Å². The molecular formula is C18H24ClN5O. The number of likely N-dealkylation sites (tertiary alicyclic amines) is 1. The Labute approximate surface area is 153 Å². The van der Waals surface area contributed by atoms with Gasteiger partial charge in [0.15, 0.2) is 5.96 Å². The smallest absolute Gasteiger partial charge is 0.248 e. The maximum absolute atomic E-state index is 5.91. The Bertz CT molecular complexity index is 738. The van der Waals surface area contributed by atoms with Gasteiger partial charge in [-0.2, -0.15) is 4.98 Å². The summed E-state index contributed by atoms with van der Waals surface area (Å²) in [6.07, 6.45) is 1.17. The van der Waals surface area contributed by atoms with E-state index in [0.29, 0.717) is 28.7 Å². The number of halogens is 1. The summed E-state index contributed by atoms with van der Waals surface area (Å²) in [5.41, 5.74) is 1.19. The minimum absolute atomic E-state index is 0.322. The van der Waals surface area contributed by atoms with Gasteiger partial charge in [0, 0.05) is 30.2 Å². The van der Waals surface area contributed by atoms with Gasteiger partial charge < -0.3 is 14.7 Å². The summed E-state index contributed by atoms with van der Waals surface area (Å²) in [5.74, 6) is 1.95. The second-order valence-corrected chi connectivity index (χ2v) is 7.46. The zero-order valence-electron chi connectivity index (χ0n) is 14.9. The lowest BCUT2D eigenvalue weighted by Crippen LogP contribution is -2.40. The highest BCUT2D eigenvalue weighted by Crippen LogP contribution is 2.28. The molecule has 2 heterocycles. The predicted molar refractivity (Wildman–Crippen MR) is 99.5 cm³/mol. The second kappa shape index (κ2) is 7.44. The van der Waals surface area contributed by atoms with E-state index in [1.807, 2.05) is 24.3 Å². The van der Waals surface area contributed by atoms with Crippen molar-refractivity contribution in [1.29, 1.82) is 0 Å². The highest BCUT2D eigenvalue weighted by Gasteiger charge is 2.30. The van der Waals surface area contributed by atoms with Crippen molar-refractivity contribution >= 4 is 17.6 Å². The number of nitrogens with zero attached hydrogens (tertiary/aromatic N) is 4. The summed E-state index contributed by atoms with van der Waals surface area (Å²) >= 11 is 5.91. The van der Waals surface area contributed by atoms with E-state index >= 15 is 0 Å². The van der Waals surface area contributed by atoms with Crippen LogP contribution in [0.2, 0.25) is 5.02 Å². The van der Waals surface area contributed by atoms with E-state index in [-0.39, 0.29) is 0 Å². The fourth-order valence-electron chi connectivity index (χ4n) is 2.90. The molecule has 0 spiro atoms.